The molecule has 6 nitrogen and oxygen atoms in total. The average Bonchev–Trinajstić information content (AvgIpc) is 2.99. The quantitative estimate of drug-likeness (QED) is 0.866. The minimum absolute atomic E-state index is 0.0660. The second kappa shape index (κ2) is 5.94. The van der Waals surface area contributed by atoms with Gasteiger partial charge in [0.25, 0.3) is 5.91 Å². The maximum Gasteiger partial charge on any atom is 0.290 e. The fourth-order valence-electron chi connectivity index (χ4n) is 3.42. The number of rotatable bonds is 3. The number of pyridine rings is 1. The van der Waals surface area contributed by atoms with Crippen LogP contribution in [0.2, 0.25) is 0 Å². The molecule has 1 atom stereocenters. The summed E-state index contributed by atoms with van der Waals surface area (Å²) >= 11 is 0. The molecular weight excluding hydrogens is 308 g/mol. The smallest absolute Gasteiger partial charge is 0.290 e. The number of amides is 1. The zero-order valence-corrected chi connectivity index (χ0v) is 13.6. The van der Waals surface area contributed by atoms with E-state index in [1.807, 2.05) is 25.1 Å². The van der Waals surface area contributed by atoms with Gasteiger partial charge in [0, 0.05) is 30.7 Å². The van der Waals surface area contributed by atoms with E-state index in [-0.39, 0.29) is 17.6 Å². The van der Waals surface area contributed by atoms with E-state index in [2.05, 4.69) is 4.98 Å². The van der Waals surface area contributed by atoms with Crippen molar-refractivity contribution in [3.05, 3.63) is 48.0 Å². The van der Waals surface area contributed by atoms with Gasteiger partial charge in [-0.3, -0.25) is 4.79 Å². The van der Waals surface area contributed by atoms with Gasteiger partial charge >= 0.3 is 0 Å². The minimum atomic E-state index is -0.298. The van der Waals surface area contributed by atoms with Gasteiger partial charge in [-0.25, -0.2) is 4.98 Å². The number of likely N-dealkylation sites (tertiary alicyclic amines) is 1. The summed E-state index contributed by atoms with van der Waals surface area (Å²) in [7, 11) is 0. The minimum Gasteiger partial charge on any atom is -0.474 e. The maximum absolute atomic E-state index is 12.4. The summed E-state index contributed by atoms with van der Waals surface area (Å²) in [5.41, 5.74) is 0.565. The summed E-state index contributed by atoms with van der Waals surface area (Å²) in [6.45, 7) is 3.67. The van der Waals surface area contributed by atoms with E-state index in [4.69, 9.17) is 13.9 Å². The summed E-state index contributed by atoms with van der Waals surface area (Å²) in [5.74, 6) is 0.986. The van der Waals surface area contributed by atoms with Crippen LogP contribution >= 0.6 is 0 Å². The molecule has 2 aromatic heterocycles. The van der Waals surface area contributed by atoms with Crippen molar-refractivity contribution in [1.82, 2.24) is 9.88 Å². The van der Waals surface area contributed by atoms with Crippen LogP contribution in [0.15, 0.2) is 41.1 Å². The topological polar surface area (TPSA) is 64.8 Å². The van der Waals surface area contributed by atoms with Crippen LogP contribution in [0, 0.1) is 6.92 Å². The van der Waals surface area contributed by atoms with E-state index in [1.165, 1.54) is 0 Å². The molecule has 0 N–H and O–H groups in total. The Kier molecular flexibility index (Phi) is 3.76. The van der Waals surface area contributed by atoms with Gasteiger partial charge in [-0.1, -0.05) is 6.07 Å². The Hall–Kier alpha value is -2.34. The van der Waals surface area contributed by atoms with Crippen molar-refractivity contribution in [2.24, 2.45) is 0 Å². The zero-order chi connectivity index (χ0) is 16.6. The lowest BCUT2D eigenvalue weighted by atomic mass is 9.84. The molecule has 2 aliphatic heterocycles. The normalized spacial score (nSPS) is 22.2. The van der Waals surface area contributed by atoms with Gasteiger partial charge in [-0.05, 0) is 19.1 Å². The summed E-state index contributed by atoms with van der Waals surface area (Å²) in [5, 5.41) is 0. The summed E-state index contributed by atoms with van der Waals surface area (Å²) in [4.78, 5) is 18.4. The zero-order valence-electron chi connectivity index (χ0n) is 13.6. The monoisotopic (exact) mass is 328 g/mol. The van der Waals surface area contributed by atoms with Crippen LogP contribution in [0.4, 0.5) is 0 Å². The van der Waals surface area contributed by atoms with Crippen molar-refractivity contribution >= 4 is 5.91 Å². The van der Waals surface area contributed by atoms with Crippen LogP contribution in [-0.4, -0.2) is 47.2 Å². The standard InChI is InChI=1S/C18H20N2O4/c1-13-5-8-22-16(13)17(21)20-11-18(12-20)10-14(6-9-23-18)24-15-4-2-3-7-19-15/h2-5,7-8,14H,6,9-12H2,1H3/t14-/m1/s1. The van der Waals surface area contributed by atoms with Crippen molar-refractivity contribution in [1.29, 1.82) is 0 Å². The summed E-state index contributed by atoms with van der Waals surface area (Å²) < 4.78 is 17.2. The molecule has 0 radical (unpaired) electrons. The van der Waals surface area contributed by atoms with Gasteiger partial charge < -0.3 is 18.8 Å². The number of carbonyl (C=O) groups excluding carboxylic acids is 1. The van der Waals surface area contributed by atoms with Crippen molar-refractivity contribution < 1.29 is 18.7 Å². The highest BCUT2D eigenvalue weighted by molar-refractivity contribution is 5.93. The van der Waals surface area contributed by atoms with Crippen LogP contribution in [0.25, 0.3) is 0 Å². The molecule has 1 spiro atoms. The third-order valence-corrected chi connectivity index (χ3v) is 4.67. The first-order valence-electron chi connectivity index (χ1n) is 8.20. The highest BCUT2D eigenvalue weighted by Gasteiger charge is 2.50. The molecule has 2 fully saturated rings. The molecule has 0 aliphatic carbocycles. The van der Waals surface area contributed by atoms with Crippen LogP contribution in [-0.2, 0) is 4.74 Å². The number of hydrogen-bond acceptors (Lipinski definition) is 5. The molecular formula is C18H20N2O4. The molecule has 2 saturated heterocycles. The van der Waals surface area contributed by atoms with Crippen molar-refractivity contribution in [3.63, 3.8) is 0 Å². The van der Waals surface area contributed by atoms with Crippen LogP contribution < -0.4 is 4.74 Å². The predicted octanol–water partition coefficient (Wildman–Crippen LogP) is 2.44. The molecule has 126 valence electrons. The first kappa shape index (κ1) is 15.2. The third-order valence-electron chi connectivity index (χ3n) is 4.67. The van der Waals surface area contributed by atoms with E-state index in [9.17, 15) is 4.79 Å². The first-order valence-corrected chi connectivity index (χ1v) is 8.20. The lowest BCUT2D eigenvalue weighted by molar-refractivity contribution is -0.174. The number of aryl methyl sites for hydroxylation is 1. The average molecular weight is 328 g/mol. The molecule has 2 aliphatic rings. The second-order valence-corrected chi connectivity index (χ2v) is 6.53. The Bertz CT molecular complexity index is 722. The first-order chi connectivity index (χ1) is 11.7. The molecule has 6 heteroatoms. The SMILES string of the molecule is Cc1ccoc1C(=O)N1CC2(C[C@H](Oc3ccccn3)CCO2)C1. The van der Waals surface area contributed by atoms with E-state index in [0.29, 0.717) is 31.3 Å². The predicted molar refractivity (Wildman–Crippen MR) is 85.9 cm³/mol. The molecule has 4 rings (SSSR count). The molecule has 4 heterocycles. The molecule has 24 heavy (non-hydrogen) atoms. The third kappa shape index (κ3) is 2.78. The Morgan fingerprint density at radius 2 is 2.25 bits per heavy atom. The van der Waals surface area contributed by atoms with Crippen LogP contribution in [0.3, 0.4) is 0 Å². The number of carbonyl (C=O) groups is 1. The Morgan fingerprint density at radius 3 is 2.96 bits per heavy atom. The van der Waals surface area contributed by atoms with E-state index in [0.717, 1.165) is 18.4 Å². The lowest BCUT2D eigenvalue weighted by Crippen LogP contribution is -2.67. The number of nitrogens with zero attached hydrogens (tertiary/aromatic N) is 2. The molecule has 1 amide bonds. The van der Waals surface area contributed by atoms with Crippen molar-refractivity contribution in [2.45, 2.75) is 31.5 Å². The fourth-order valence-corrected chi connectivity index (χ4v) is 3.42. The van der Waals surface area contributed by atoms with Crippen LogP contribution in [0.5, 0.6) is 5.88 Å². The Labute approximate surface area is 140 Å². The highest BCUT2D eigenvalue weighted by Crippen LogP contribution is 2.36. The number of furan rings is 1. The van der Waals surface area contributed by atoms with E-state index < -0.39 is 0 Å². The Morgan fingerprint density at radius 1 is 1.38 bits per heavy atom. The molecule has 0 bridgehead atoms. The van der Waals surface area contributed by atoms with E-state index in [1.54, 1.807) is 23.4 Å². The lowest BCUT2D eigenvalue weighted by Gasteiger charge is -2.52. The maximum atomic E-state index is 12.4. The van der Waals surface area contributed by atoms with E-state index >= 15 is 0 Å². The van der Waals surface area contributed by atoms with Gasteiger partial charge in [0.15, 0.2) is 5.76 Å². The Balaban J connectivity index is 1.37. The van der Waals surface area contributed by atoms with Gasteiger partial charge in [-0.2, -0.15) is 0 Å². The summed E-state index contributed by atoms with van der Waals surface area (Å²) in [6, 6.07) is 7.44. The van der Waals surface area contributed by atoms with Gasteiger partial charge in [0.05, 0.1) is 26.0 Å². The van der Waals surface area contributed by atoms with Gasteiger partial charge in [0.2, 0.25) is 5.88 Å². The number of aromatic nitrogens is 1. The molecule has 2 aromatic rings. The molecule has 0 unspecified atom stereocenters. The fraction of sp³-hybridized carbons (Fsp3) is 0.444. The van der Waals surface area contributed by atoms with Crippen molar-refractivity contribution in [2.75, 3.05) is 19.7 Å². The van der Waals surface area contributed by atoms with Crippen molar-refractivity contribution in [3.8, 4) is 5.88 Å². The second-order valence-electron chi connectivity index (χ2n) is 6.53. The van der Waals surface area contributed by atoms with Gasteiger partial charge in [0.1, 0.15) is 11.7 Å². The largest absolute Gasteiger partial charge is 0.474 e. The number of ether oxygens (including phenoxy) is 2. The molecule has 0 aromatic carbocycles. The molecule has 0 saturated carbocycles. The van der Waals surface area contributed by atoms with Gasteiger partial charge in [-0.15, -0.1) is 0 Å². The van der Waals surface area contributed by atoms with Crippen LogP contribution in [0.1, 0.15) is 29.0 Å². The number of hydrogen-bond donors (Lipinski definition) is 0. The summed E-state index contributed by atoms with van der Waals surface area (Å²) in [6.07, 6.45) is 4.94. The highest BCUT2D eigenvalue weighted by atomic mass is 16.5.